The quantitative estimate of drug-likeness (QED) is 0.744. The van der Waals surface area contributed by atoms with Gasteiger partial charge < -0.3 is 14.4 Å². The van der Waals surface area contributed by atoms with Crippen LogP contribution in [0, 0.1) is 5.92 Å². The van der Waals surface area contributed by atoms with Gasteiger partial charge in [0.15, 0.2) is 0 Å². The first-order valence-corrected chi connectivity index (χ1v) is 7.39. The summed E-state index contributed by atoms with van der Waals surface area (Å²) >= 11 is 0. The monoisotopic (exact) mass is 299 g/mol. The number of esters is 1. The average molecular weight is 299 g/mol. The van der Waals surface area contributed by atoms with E-state index in [4.69, 9.17) is 9.47 Å². The van der Waals surface area contributed by atoms with Crippen molar-refractivity contribution in [3.8, 4) is 0 Å². The average Bonchev–Trinajstić information content (AvgIpc) is 2.36. The third-order valence-corrected chi connectivity index (χ3v) is 3.18. The van der Waals surface area contributed by atoms with E-state index in [9.17, 15) is 14.4 Å². The summed E-state index contributed by atoms with van der Waals surface area (Å²) in [6.07, 6.45) is 0.520. The summed E-state index contributed by atoms with van der Waals surface area (Å²) in [6, 6.07) is 0. The van der Waals surface area contributed by atoms with Gasteiger partial charge >= 0.3 is 12.1 Å². The van der Waals surface area contributed by atoms with Gasteiger partial charge in [0.25, 0.3) is 0 Å². The van der Waals surface area contributed by atoms with E-state index in [0.717, 1.165) is 0 Å². The summed E-state index contributed by atoms with van der Waals surface area (Å²) in [5.74, 6) is -0.519. The molecule has 1 saturated heterocycles. The van der Waals surface area contributed by atoms with Gasteiger partial charge in [-0.15, -0.1) is 0 Å². The largest absolute Gasteiger partial charge is 0.466 e. The number of piperidine rings is 1. The minimum atomic E-state index is -0.557. The van der Waals surface area contributed by atoms with Crippen LogP contribution in [0.3, 0.4) is 0 Å². The highest BCUT2D eigenvalue weighted by Crippen LogP contribution is 2.20. The molecular weight excluding hydrogens is 274 g/mol. The van der Waals surface area contributed by atoms with Gasteiger partial charge in [0.1, 0.15) is 11.4 Å². The number of rotatable bonds is 4. The van der Waals surface area contributed by atoms with Gasteiger partial charge in [0, 0.05) is 31.8 Å². The van der Waals surface area contributed by atoms with Crippen LogP contribution in [-0.4, -0.2) is 48.0 Å². The molecule has 0 unspecified atom stereocenters. The van der Waals surface area contributed by atoms with Gasteiger partial charge in [-0.2, -0.15) is 0 Å². The van der Waals surface area contributed by atoms with Gasteiger partial charge in [0.05, 0.1) is 6.61 Å². The second-order valence-electron chi connectivity index (χ2n) is 6.18. The predicted molar refractivity (Wildman–Crippen MR) is 76.8 cm³/mol. The maximum Gasteiger partial charge on any atom is 0.410 e. The van der Waals surface area contributed by atoms with Crippen LogP contribution in [0.4, 0.5) is 4.79 Å². The fraction of sp³-hybridized carbons (Fsp3) is 0.800. The molecule has 0 N–H and O–H groups in total. The molecule has 0 radical (unpaired) electrons. The molecule has 0 spiro atoms. The Morgan fingerprint density at radius 3 is 2.57 bits per heavy atom. The molecule has 21 heavy (non-hydrogen) atoms. The number of ketones is 1. The number of Topliss-reactive ketones (excluding diaryl/α,β-unsaturated/α-hetero) is 1. The van der Waals surface area contributed by atoms with E-state index in [0.29, 0.717) is 32.5 Å². The molecule has 1 rings (SSSR count). The van der Waals surface area contributed by atoms with Crippen LogP contribution in [0.5, 0.6) is 0 Å². The lowest BCUT2D eigenvalue weighted by atomic mass is 9.92. The van der Waals surface area contributed by atoms with E-state index in [1.54, 1.807) is 32.6 Å². The van der Waals surface area contributed by atoms with Gasteiger partial charge in [-0.1, -0.05) is 0 Å². The summed E-state index contributed by atoms with van der Waals surface area (Å²) in [5, 5.41) is 0. The maximum atomic E-state index is 12.0. The molecular formula is C15H25NO5. The molecule has 0 aromatic carbocycles. The maximum absolute atomic E-state index is 12.0. The Morgan fingerprint density at radius 2 is 2.00 bits per heavy atom. The number of amides is 1. The van der Waals surface area contributed by atoms with Crippen LogP contribution < -0.4 is 0 Å². The SMILES string of the molecule is CCOC(=O)CC[C@@H]1CN(C(=O)OC(C)(C)C)CCC1=O. The van der Waals surface area contributed by atoms with Crippen LogP contribution in [0.25, 0.3) is 0 Å². The van der Waals surface area contributed by atoms with E-state index >= 15 is 0 Å². The van der Waals surface area contributed by atoms with Crippen molar-refractivity contribution in [3.63, 3.8) is 0 Å². The molecule has 0 aliphatic carbocycles. The van der Waals surface area contributed by atoms with Crippen molar-refractivity contribution < 1.29 is 23.9 Å². The standard InChI is InChI=1S/C15H25NO5/c1-5-20-13(18)7-6-11-10-16(9-8-12(11)17)14(19)21-15(2,3)4/h11H,5-10H2,1-4H3/t11-/m1/s1. The van der Waals surface area contributed by atoms with Crippen molar-refractivity contribution in [2.45, 2.75) is 52.6 Å². The molecule has 0 aromatic rings. The van der Waals surface area contributed by atoms with Gasteiger partial charge in [-0.05, 0) is 34.1 Å². The molecule has 1 aliphatic rings. The predicted octanol–water partition coefficient (Wildman–Crippen LogP) is 2.16. The van der Waals surface area contributed by atoms with Crippen molar-refractivity contribution in [1.29, 1.82) is 0 Å². The Hall–Kier alpha value is -1.59. The first-order valence-electron chi connectivity index (χ1n) is 7.39. The first-order chi connectivity index (χ1) is 9.73. The summed E-state index contributed by atoms with van der Waals surface area (Å²) in [5.41, 5.74) is -0.557. The Morgan fingerprint density at radius 1 is 1.33 bits per heavy atom. The minimum Gasteiger partial charge on any atom is -0.466 e. The number of hydrogen-bond donors (Lipinski definition) is 0. The van der Waals surface area contributed by atoms with Crippen LogP contribution in [0.1, 0.15) is 47.0 Å². The van der Waals surface area contributed by atoms with E-state index in [-0.39, 0.29) is 24.1 Å². The number of hydrogen-bond acceptors (Lipinski definition) is 5. The first kappa shape index (κ1) is 17.5. The van der Waals surface area contributed by atoms with Gasteiger partial charge in [0.2, 0.25) is 0 Å². The molecule has 1 heterocycles. The molecule has 6 nitrogen and oxygen atoms in total. The Labute approximate surface area is 125 Å². The summed E-state index contributed by atoms with van der Waals surface area (Å²) in [4.78, 5) is 36.8. The van der Waals surface area contributed by atoms with Crippen LogP contribution >= 0.6 is 0 Å². The number of nitrogens with zero attached hydrogens (tertiary/aromatic N) is 1. The highest BCUT2D eigenvalue weighted by Gasteiger charge is 2.32. The Balaban J connectivity index is 2.52. The van der Waals surface area contributed by atoms with E-state index in [1.807, 2.05) is 0 Å². The zero-order chi connectivity index (χ0) is 16.0. The Kier molecular flexibility index (Phi) is 6.18. The summed E-state index contributed by atoms with van der Waals surface area (Å²) in [6.45, 7) is 8.18. The van der Waals surface area contributed by atoms with Crippen molar-refractivity contribution in [2.75, 3.05) is 19.7 Å². The van der Waals surface area contributed by atoms with E-state index < -0.39 is 11.7 Å². The minimum absolute atomic E-state index is 0.0964. The van der Waals surface area contributed by atoms with Crippen molar-refractivity contribution in [2.24, 2.45) is 5.92 Å². The van der Waals surface area contributed by atoms with E-state index in [1.165, 1.54) is 0 Å². The lowest BCUT2D eigenvalue weighted by Gasteiger charge is -2.33. The number of ether oxygens (including phenoxy) is 2. The number of carbonyl (C=O) groups excluding carboxylic acids is 3. The van der Waals surface area contributed by atoms with Gasteiger partial charge in [-0.3, -0.25) is 9.59 Å². The third-order valence-electron chi connectivity index (χ3n) is 3.18. The van der Waals surface area contributed by atoms with Crippen molar-refractivity contribution >= 4 is 17.8 Å². The number of likely N-dealkylation sites (tertiary alicyclic amines) is 1. The second kappa shape index (κ2) is 7.43. The highest BCUT2D eigenvalue weighted by atomic mass is 16.6. The molecule has 0 bridgehead atoms. The summed E-state index contributed by atoms with van der Waals surface area (Å²) in [7, 11) is 0. The van der Waals surface area contributed by atoms with Crippen LogP contribution in [0.2, 0.25) is 0 Å². The zero-order valence-corrected chi connectivity index (χ0v) is 13.3. The zero-order valence-electron chi connectivity index (χ0n) is 13.3. The third kappa shape index (κ3) is 6.14. The highest BCUT2D eigenvalue weighted by molar-refractivity contribution is 5.84. The lowest BCUT2D eigenvalue weighted by molar-refractivity contribution is -0.143. The van der Waals surface area contributed by atoms with E-state index in [2.05, 4.69) is 0 Å². The smallest absolute Gasteiger partial charge is 0.410 e. The number of carbonyl (C=O) groups is 3. The molecule has 1 aliphatic heterocycles. The molecule has 6 heteroatoms. The van der Waals surface area contributed by atoms with Crippen LogP contribution in [-0.2, 0) is 19.1 Å². The summed E-state index contributed by atoms with van der Waals surface area (Å²) < 4.78 is 10.2. The molecule has 1 amide bonds. The molecule has 1 fully saturated rings. The normalized spacial score (nSPS) is 19.3. The molecule has 0 saturated carbocycles. The van der Waals surface area contributed by atoms with Crippen LogP contribution in [0.15, 0.2) is 0 Å². The molecule has 0 aromatic heterocycles. The second-order valence-corrected chi connectivity index (χ2v) is 6.18. The topological polar surface area (TPSA) is 72.9 Å². The fourth-order valence-electron chi connectivity index (χ4n) is 2.18. The lowest BCUT2D eigenvalue weighted by Crippen LogP contribution is -2.46. The fourth-order valence-corrected chi connectivity index (χ4v) is 2.18. The molecule has 120 valence electrons. The van der Waals surface area contributed by atoms with Crippen molar-refractivity contribution in [1.82, 2.24) is 4.90 Å². The van der Waals surface area contributed by atoms with Crippen molar-refractivity contribution in [3.05, 3.63) is 0 Å². The van der Waals surface area contributed by atoms with Gasteiger partial charge in [-0.25, -0.2) is 4.79 Å². The Bertz CT molecular complexity index is 399. The molecule has 1 atom stereocenters.